The molecular weight excluding hydrogens is 228 g/mol. The second kappa shape index (κ2) is 5.22. The maximum Gasteiger partial charge on any atom is 0.149 e. The molecule has 0 fully saturated rings. The molecule has 0 saturated carbocycles. The van der Waals surface area contributed by atoms with Gasteiger partial charge in [-0.3, -0.25) is 0 Å². The van der Waals surface area contributed by atoms with Gasteiger partial charge >= 0.3 is 0 Å². The Balaban J connectivity index is 1.94. The van der Waals surface area contributed by atoms with E-state index in [1.165, 1.54) is 0 Å². The Bertz CT molecular complexity index is 485. The van der Waals surface area contributed by atoms with E-state index in [4.69, 9.17) is 0 Å². The summed E-state index contributed by atoms with van der Waals surface area (Å²) >= 11 is 0. The minimum Gasteiger partial charge on any atom is -0.306 e. The predicted octanol–water partition coefficient (Wildman–Crippen LogP) is 1.00. The number of nitrogens with one attached hydrogen (secondary N) is 1. The third-order valence-corrected chi connectivity index (χ3v) is 2.31. The fourth-order valence-corrected chi connectivity index (χ4v) is 1.41. The van der Waals surface area contributed by atoms with Crippen LogP contribution in [0.4, 0.5) is 0 Å². The first-order chi connectivity index (χ1) is 8.53. The highest BCUT2D eigenvalue weighted by Gasteiger charge is 2.10. The van der Waals surface area contributed by atoms with Gasteiger partial charge in [0.05, 0.1) is 11.9 Å². The SMILES string of the molecule is CC(C)(C)NCc1cn(Cc2ncccn2)nn1. The summed E-state index contributed by atoms with van der Waals surface area (Å²) in [6.45, 7) is 7.61. The molecule has 0 saturated heterocycles. The zero-order valence-corrected chi connectivity index (χ0v) is 11.0. The van der Waals surface area contributed by atoms with E-state index in [9.17, 15) is 0 Å². The average Bonchev–Trinajstić information content (AvgIpc) is 2.75. The van der Waals surface area contributed by atoms with Gasteiger partial charge < -0.3 is 5.32 Å². The predicted molar refractivity (Wildman–Crippen MR) is 67.7 cm³/mol. The van der Waals surface area contributed by atoms with Gasteiger partial charge in [-0.2, -0.15) is 0 Å². The van der Waals surface area contributed by atoms with E-state index in [2.05, 4.69) is 46.4 Å². The second-order valence-electron chi connectivity index (χ2n) is 5.18. The molecule has 2 aromatic rings. The highest BCUT2D eigenvalue weighted by atomic mass is 15.4. The van der Waals surface area contributed by atoms with Crippen LogP contribution in [0, 0.1) is 0 Å². The molecule has 0 aromatic carbocycles. The number of hydrogen-bond acceptors (Lipinski definition) is 5. The topological polar surface area (TPSA) is 68.5 Å². The Hall–Kier alpha value is -1.82. The van der Waals surface area contributed by atoms with E-state index < -0.39 is 0 Å². The van der Waals surface area contributed by atoms with Gasteiger partial charge in [-0.15, -0.1) is 5.10 Å². The van der Waals surface area contributed by atoms with Gasteiger partial charge in [0.2, 0.25) is 0 Å². The van der Waals surface area contributed by atoms with Gasteiger partial charge in [0, 0.05) is 24.5 Å². The maximum absolute atomic E-state index is 4.15. The van der Waals surface area contributed by atoms with E-state index in [0.717, 1.165) is 11.5 Å². The van der Waals surface area contributed by atoms with Crippen LogP contribution in [0.5, 0.6) is 0 Å². The largest absolute Gasteiger partial charge is 0.306 e. The lowest BCUT2D eigenvalue weighted by atomic mass is 10.1. The molecule has 0 bridgehead atoms. The van der Waals surface area contributed by atoms with Crippen LogP contribution >= 0.6 is 0 Å². The quantitative estimate of drug-likeness (QED) is 0.871. The minimum absolute atomic E-state index is 0.0757. The standard InChI is InChI=1S/C12H18N6/c1-12(2,3)15-7-10-8-18(17-16-10)9-11-13-5-4-6-14-11/h4-6,8,15H,7,9H2,1-3H3. The highest BCUT2D eigenvalue weighted by molar-refractivity contribution is 4.95. The van der Waals surface area contributed by atoms with Crippen LogP contribution in [0.15, 0.2) is 24.7 Å². The molecule has 6 nitrogen and oxygen atoms in total. The fraction of sp³-hybridized carbons (Fsp3) is 0.500. The van der Waals surface area contributed by atoms with Crippen molar-refractivity contribution in [3.8, 4) is 0 Å². The fourth-order valence-electron chi connectivity index (χ4n) is 1.41. The van der Waals surface area contributed by atoms with Gasteiger partial charge in [0.25, 0.3) is 0 Å². The van der Waals surface area contributed by atoms with Crippen molar-refractivity contribution in [3.05, 3.63) is 36.2 Å². The summed E-state index contributed by atoms with van der Waals surface area (Å²) in [6.07, 6.45) is 5.36. The Morgan fingerprint density at radius 3 is 2.61 bits per heavy atom. The summed E-state index contributed by atoms with van der Waals surface area (Å²) in [7, 11) is 0. The van der Waals surface area contributed by atoms with E-state index in [1.54, 1.807) is 23.1 Å². The first kappa shape index (κ1) is 12.6. The minimum atomic E-state index is 0.0757. The second-order valence-corrected chi connectivity index (χ2v) is 5.18. The Morgan fingerprint density at radius 1 is 1.22 bits per heavy atom. The molecule has 0 radical (unpaired) electrons. The summed E-state index contributed by atoms with van der Waals surface area (Å²) in [4.78, 5) is 8.31. The van der Waals surface area contributed by atoms with Crippen molar-refractivity contribution < 1.29 is 0 Å². The first-order valence-electron chi connectivity index (χ1n) is 5.93. The van der Waals surface area contributed by atoms with Crippen molar-refractivity contribution in [2.24, 2.45) is 0 Å². The zero-order chi connectivity index (χ0) is 13.0. The summed E-state index contributed by atoms with van der Waals surface area (Å²) in [5.41, 5.74) is 0.993. The molecule has 96 valence electrons. The van der Waals surface area contributed by atoms with Crippen LogP contribution in [0.25, 0.3) is 0 Å². The lowest BCUT2D eigenvalue weighted by Crippen LogP contribution is -2.35. The van der Waals surface area contributed by atoms with Crippen molar-refractivity contribution in [1.82, 2.24) is 30.3 Å². The van der Waals surface area contributed by atoms with Crippen LogP contribution in [0.3, 0.4) is 0 Å². The lowest BCUT2D eigenvalue weighted by Gasteiger charge is -2.19. The monoisotopic (exact) mass is 246 g/mol. The van der Waals surface area contributed by atoms with Gasteiger partial charge in [0.15, 0.2) is 0 Å². The molecule has 0 unspecified atom stereocenters. The van der Waals surface area contributed by atoms with Crippen molar-refractivity contribution >= 4 is 0 Å². The summed E-state index contributed by atoms with van der Waals surface area (Å²) < 4.78 is 1.75. The summed E-state index contributed by atoms with van der Waals surface area (Å²) in [6, 6.07) is 1.80. The lowest BCUT2D eigenvalue weighted by molar-refractivity contribution is 0.421. The number of hydrogen-bond donors (Lipinski definition) is 1. The number of aromatic nitrogens is 5. The van der Waals surface area contributed by atoms with Crippen molar-refractivity contribution in [3.63, 3.8) is 0 Å². The van der Waals surface area contributed by atoms with Crippen molar-refractivity contribution in [1.29, 1.82) is 0 Å². The molecule has 6 heteroatoms. The number of rotatable bonds is 4. The molecule has 18 heavy (non-hydrogen) atoms. The Kier molecular flexibility index (Phi) is 3.66. The first-order valence-corrected chi connectivity index (χ1v) is 5.93. The zero-order valence-electron chi connectivity index (χ0n) is 11.0. The Labute approximate surface area is 106 Å². The van der Waals surface area contributed by atoms with E-state index in [0.29, 0.717) is 13.1 Å². The van der Waals surface area contributed by atoms with E-state index in [1.807, 2.05) is 6.20 Å². The van der Waals surface area contributed by atoms with Gasteiger partial charge in [-0.25, -0.2) is 14.6 Å². The van der Waals surface area contributed by atoms with Gasteiger partial charge in [0.1, 0.15) is 12.4 Å². The van der Waals surface area contributed by atoms with Crippen LogP contribution < -0.4 is 5.32 Å². The average molecular weight is 246 g/mol. The molecule has 0 atom stereocenters. The molecule has 0 aliphatic rings. The van der Waals surface area contributed by atoms with Crippen LogP contribution in [0.1, 0.15) is 32.3 Å². The van der Waals surface area contributed by atoms with Gasteiger partial charge in [-0.1, -0.05) is 5.21 Å². The Morgan fingerprint density at radius 2 is 1.94 bits per heavy atom. The molecule has 0 amide bonds. The summed E-state index contributed by atoms with van der Waals surface area (Å²) in [5, 5.41) is 11.5. The smallest absolute Gasteiger partial charge is 0.149 e. The van der Waals surface area contributed by atoms with Crippen LogP contribution in [0.2, 0.25) is 0 Å². The van der Waals surface area contributed by atoms with Gasteiger partial charge in [-0.05, 0) is 26.8 Å². The summed E-state index contributed by atoms with van der Waals surface area (Å²) in [5.74, 6) is 0.734. The van der Waals surface area contributed by atoms with Crippen molar-refractivity contribution in [2.45, 2.75) is 39.4 Å². The molecule has 0 spiro atoms. The third-order valence-electron chi connectivity index (χ3n) is 2.31. The number of nitrogens with zero attached hydrogens (tertiary/aromatic N) is 5. The van der Waals surface area contributed by atoms with E-state index >= 15 is 0 Å². The molecule has 2 rings (SSSR count). The molecule has 0 aliphatic heterocycles. The highest BCUT2D eigenvalue weighted by Crippen LogP contribution is 2.02. The van der Waals surface area contributed by atoms with E-state index in [-0.39, 0.29) is 5.54 Å². The maximum atomic E-state index is 4.15. The molecular formula is C12H18N6. The molecule has 0 aliphatic carbocycles. The van der Waals surface area contributed by atoms with Crippen LogP contribution in [-0.2, 0) is 13.1 Å². The van der Waals surface area contributed by atoms with Crippen LogP contribution in [-0.4, -0.2) is 30.5 Å². The molecule has 2 heterocycles. The third kappa shape index (κ3) is 3.89. The van der Waals surface area contributed by atoms with Crippen molar-refractivity contribution in [2.75, 3.05) is 0 Å². The normalized spacial score (nSPS) is 11.7. The molecule has 2 aromatic heterocycles. The molecule has 1 N–H and O–H groups in total.